The summed E-state index contributed by atoms with van der Waals surface area (Å²) in [5.74, 6) is 0.854. The van der Waals surface area contributed by atoms with Gasteiger partial charge in [-0.25, -0.2) is 14.6 Å². The number of hydrogen-bond donors (Lipinski definition) is 2. The largest absolute Gasteiger partial charge is 0.491 e. The van der Waals surface area contributed by atoms with Crippen molar-refractivity contribution in [2.45, 2.75) is 82.3 Å². The highest BCUT2D eigenvalue weighted by atomic mass is 35.5. The molecule has 3 atom stereocenters. The van der Waals surface area contributed by atoms with Crippen LogP contribution in [0.3, 0.4) is 0 Å². The average molecular weight is 607 g/mol. The number of ether oxygens (including phenoxy) is 2. The second-order valence-electron chi connectivity index (χ2n) is 11.7. The fourth-order valence-electron chi connectivity index (χ4n) is 6.75. The van der Waals surface area contributed by atoms with Gasteiger partial charge in [0.15, 0.2) is 0 Å². The molecular weight excluding hydrogens is 572 g/mol. The average Bonchev–Trinajstić information content (AvgIpc) is 3.72. The summed E-state index contributed by atoms with van der Waals surface area (Å²) in [6.07, 6.45) is 13.5. The van der Waals surface area contributed by atoms with E-state index in [1.54, 1.807) is 23.1 Å². The van der Waals surface area contributed by atoms with Gasteiger partial charge in [-0.1, -0.05) is 17.7 Å². The molecule has 2 aliphatic heterocycles. The molecule has 1 aliphatic carbocycles. The van der Waals surface area contributed by atoms with Gasteiger partial charge in [0.05, 0.1) is 37.0 Å². The lowest BCUT2D eigenvalue weighted by atomic mass is 9.89. The number of tetrazole rings is 1. The van der Waals surface area contributed by atoms with Crippen LogP contribution in [0.1, 0.15) is 51.5 Å². The number of nitrogens with one attached hydrogen (secondary N) is 1. The molecule has 1 saturated carbocycles. The van der Waals surface area contributed by atoms with Crippen molar-refractivity contribution in [2.24, 2.45) is 0 Å². The molecule has 1 aromatic carbocycles. The molecule has 13 nitrogen and oxygen atoms in total. The molecule has 3 fully saturated rings. The van der Waals surface area contributed by atoms with Crippen molar-refractivity contribution in [1.29, 1.82) is 0 Å². The van der Waals surface area contributed by atoms with Crippen molar-refractivity contribution in [3.05, 3.63) is 48.1 Å². The molecule has 3 aromatic heterocycles. The first-order valence-corrected chi connectivity index (χ1v) is 15.3. The number of nitrogens with zero attached hydrogens (tertiary/aromatic N) is 9. The monoisotopic (exact) mass is 606 g/mol. The van der Waals surface area contributed by atoms with Crippen LogP contribution in [0, 0.1) is 0 Å². The minimum absolute atomic E-state index is 0.0590. The highest BCUT2D eigenvalue weighted by molar-refractivity contribution is 6.32. The smallest absolute Gasteiger partial charge is 0.254 e. The van der Waals surface area contributed by atoms with Crippen LogP contribution in [0.5, 0.6) is 11.6 Å². The van der Waals surface area contributed by atoms with Crippen molar-refractivity contribution >= 4 is 23.2 Å². The van der Waals surface area contributed by atoms with Crippen LogP contribution in [0.2, 0.25) is 5.02 Å². The number of morpholine rings is 1. The number of benzene rings is 1. The third kappa shape index (κ3) is 6.01. The predicted octanol–water partition coefficient (Wildman–Crippen LogP) is 4.24. The van der Waals surface area contributed by atoms with Gasteiger partial charge in [-0.2, -0.15) is 0 Å². The molecule has 43 heavy (non-hydrogen) atoms. The summed E-state index contributed by atoms with van der Waals surface area (Å²) in [6.45, 7) is 4.15. The van der Waals surface area contributed by atoms with Gasteiger partial charge in [-0.3, -0.25) is 9.58 Å². The quantitative estimate of drug-likeness (QED) is 0.282. The summed E-state index contributed by atoms with van der Waals surface area (Å²) in [5, 5.41) is 29.8. The molecule has 7 rings (SSSR count). The van der Waals surface area contributed by atoms with Crippen LogP contribution in [-0.2, 0) is 11.3 Å². The molecule has 0 spiro atoms. The van der Waals surface area contributed by atoms with Gasteiger partial charge in [0.2, 0.25) is 5.95 Å². The first-order chi connectivity index (χ1) is 21.0. The van der Waals surface area contributed by atoms with Crippen LogP contribution >= 0.6 is 11.6 Å². The molecule has 2 N–H and O–H groups in total. The molecule has 14 heteroatoms. The molecule has 226 valence electrons. The Morgan fingerprint density at radius 2 is 1.74 bits per heavy atom. The van der Waals surface area contributed by atoms with E-state index in [1.807, 2.05) is 29.9 Å². The molecule has 3 aliphatic rings. The lowest BCUT2D eigenvalue weighted by Crippen LogP contribution is -2.52. The zero-order valence-corrected chi connectivity index (χ0v) is 24.7. The van der Waals surface area contributed by atoms with E-state index in [0.717, 1.165) is 50.0 Å². The molecule has 2 saturated heterocycles. The minimum Gasteiger partial charge on any atom is -0.491 e. The number of aromatic hydroxyl groups is 1. The molecule has 4 aromatic rings. The molecular formula is C29H35ClN10O3. The van der Waals surface area contributed by atoms with Crippen molar-refractivity contribution in [2.75, 3.05) is 18.5 Å². The highest BCUT2D eigenvalue weighted by Crippen LogP contribution is 2.39. The standard InChI is InChI=1S/C29H35ClN10O3/c1-18(13-38-17-33-36-37-38)43-27-10-19(2-9-25(27)30)20-11-31-29(32-12-20)34-26-14-39(35-28(26)41)21-3-5-22(6-4-21)40-23-7-8-24(40)16-42-15-23/h2,9-12,14,17-18,21-24H,3-8,13,15-16H2,1H3,(H,35,41)(H,31,32,34)/t18-,21-,22-,23-,24+/m0/s1. The lowest BCUT2D eigenvalue weighted by molar-refractivity contribution is -0.0458. The van der Waals surface area contributed by atoms with Crippen LogP contribution in [0.25, 0.3) is 11.1 Å². The maximum Gasteiger partial charge on any atom is 0.254 e. The molecule has 0 unspecified atom stereocenters. The number of rotatable bonds is 9. The van der Waals surface area contributed by atoms with Gasteiger partial charge in [0.25, 0.3) is 5.88 Å². The number of anilines is 2. The van der Waals surface area contributed by atoms with E-state index in [1.165, 1.54) is 19.2 Å². The molecule has 5 heterocycles. The summed E-state index contributed by atoms with van der Waals surface area (Å²) >= 11 is 6.40. The van der Waals surface area contributed by atoms with Crippen LogP contribution in [0.4, 0.5) is 11.6 Å². The summed E-state index contributed by atoms with van der Waals surface area (Å²) < 4.78 is 15.3. The predicted molar refractivity (Wildman–Crippen MR) is 158 cm³/mol. The Morgan fingerprint density at radius 1 is 1.02 bits per heavy atom. The zero-order chi connectivity index (χ0) is 29.3. The van der Waals surface area contributed by atoms with Crippen LogP contribution in [0.15, 0.2) is 43.1 Å². The first kappa shape index (κ1) is 28.0. The Balaban J connectivity index is 0.968. The Kier molecular flexibility index (Phi) is 7.85. The Hall–Kier alpha value is -3.81. The van der Waals surface area contributed by atoms with E-state index in [4.69, 9.17) is 21.1 Å². The Bertz CT molecular complexity index is 1510. The topological polar surface area (TPSA) is 141 Å². The van der Waals surface area contributed by atoms with Crippen molar-refractivity contribution in [1.82, 2.24) is 44.9 Å². The number of halogens is 1. The van der Waals surface area contributed by atoms with Gasteiger partial charge in [-0.05, 0) is 73.6 Å². The van der Waals surface area contributed by atoms with Crippen molar-refractivity contribution < 1.29 is 14.6 Å². The molecule has 2 bridgehead atoms. The van der Waals surface area contributed by atoms with E-state index < -0.39 is 0 Å². The third-order valence-corrected chi connectivity index (χ3v) is 9.11. The van der Waals surface area contributed by atoms with Crippen LogP contribution < -0.4 is 10.1 Å². The fraction of sp³-hybridized carbons (Fsp3) is 0.517. The summed E-state index contributed by atoms with van der Waals surface area (Å²) in [6, 6.07) is 7.59. The second-order valence-corrected chi connectivity index (χ2v) is 12.1. The maximum atomic E-state index is 10.6. The molecule has 0 radical (unpaired) electrons. The maximum absolute atomic E-state index is 10.6. The minimum atomic E-state index is -0.206. The summed E-state index contributed by atoms with van der Waals surface area (Å²) in [5.41, 5.74) is 2.14. The first-order valence-electron chi connectivity index (χ1n) is 14.9. The SMILES string of the molecule is C[C@@H](Cn1cnnn1)Oc1cc(-c2cnc(Nc3cn([C@H]4CC[C@H](N5[C@@H]6CC[C@H]5COC6)CC4)nc3O)nc2)ccc1Cl. The fourth-order valence-corrected chi connectivity index (χ4v) is 6.91. The second kappa shape index (κ2) is 12.1. The Morgan fingerprint density at radius 3 is 2.47 bits per heavy atom. The lowest BCUT2D eigenvalue weighted by Gasteiger charge is -2.43. The van der Waals surface area contributed by atoms with Crippen molar-refractivity contribution in [3.63, 3.8) is 0 Å². The van der Waals surface area contributed by atoms with Crippen LogP contribution in [-0.4, -0.2) is 87.4 Å². The van der Waals surface area contributed by atoms with E-state index in [-0.39, 0.29) is 18.0 Å². The molecule has 0 amide bonds. The van der Waals surface area contributed by atoms with Gasteiger partial charge in [0.1, 0.15) is 23.9 Å². The third-order valence-electron chi connectivity index (χ3n) is 8.80. The summed E-state index contributed by atoms with van der Waals surface area (Å²) in [7, 11) is 0. The van der Waals surface area contributed by atoms with E-state index in [2.05, 4.69) is 40.8 Å². The van der Waals surface area contributed by atoms with Gasteiger partial charge >= 0.3 is 0 Å². The normalized spacial score (nSPS) is 24.6. The van der Waals surface area contributed by atoms with E-state index in [0.29, 0.717) is 47.1 Å². The Labute approximate surface area is 254 Å². The highest BCUT2D eigenvalue weighted by Gasteiger charge is 2.42. The van der Waals surface area contributed by atoms with Gasteiger partial charge in [-0.15, -0.1) is 10.2 Å². The van der Waals surface area contributed by atoms with E-state index >= 15 is 0 Å². The zero-order valence-electron chi connectivity index (χ0n) is 24.0. The van der Waals surface area contributed by atoms with Gasteiger partial charge in [0, 0.05) is 36.1 Å². The van der Waals surface area contributed by atoms with Gasteiger partial charge < -0.3 is 19.9 Å². The van der Waals surface area contributed by atoms with E-state index in [9.17, 15) is 5.11 Å². The summed E-state index contributed by atoms with van der Waals surface area (Å²) in [4.78, 5) is 11.7. The van der Waals surface area contributed by atoms with Crippen molar-refractivity contribution in [3.8, 4) is 22.8 Å². The number of hydrogen-bond acceptors (Lipinski definition) is 11. The number of aromatic nitrogens is 8. The number of fused-ring (bicyclic) bond motifs is 2.